The summed E-state index contributed by atoms with van der Waals surface area (Å²) in [6.07, 6.45) is 49.0. The number of phosphoric acid groups is 1. The summed E-state index contributed by atoms with van der Waals surface area (Å²) in [6.45, 7) is 3.51. The van der Waals surface area contributed by atoms with Crippen LogP contribution in [0.3, 0.4) is 0 Å². The third-order valence-corrected chi connectivity index (χ3v) is 10.4. The Labute approximate surface area is 348 Å². The molecular formula is C47H85O9P. The van der Waals surface area contributed by atoms with Crippen molar-refractivity contribution in [1.29, 1.82) is 0 Å². The number of unbranched alkanes of at least 4 members (excludes halogenated alkanes) is 22. The number of aliphatic hydroxyl groups is 1. The second-order valence-electron chi connectivity index (χ2n) is 15.6. The van der Waals surface area contributed by atoms with Gasteiger partial charge >= 0.3 is 19.8 Å². The van der Waals surface area contributed by atoms with E-state index in [2.05, 4.69) is 42.7 Å². The molecule has 0 amide bonds. The Morgan fingerprint density at radius 3 is 1.42 bits per heavy atom. The van der Waals surface area contributed by atoms with Crippen LogP contribution in [0, 0.1) is 0 Å². The minimum Gasteiger partial charge on any atom is -0.462 e. The van der Waals surface area contributed by atoms with Gasteiger partial charge in [-0.2, -0.15) is 0 Å². The van der Waals surface area contributed by atoms with E-state index in [1.807, 2.05) is 24.3 Å². The molecule has 0 unspecified atom stereocenters. The van der Waals surface area contributed by atoms with Crippen molar-refractivity contribution in [3.8, 4) is 0 Å². The van der Waals surface area contributed by atoms with Gasteiger partial charge in [0.05, 0.1) is 12.7 Å². The molecule has 0 heterocycles. The molecule has 0 fully saturated rings. The van der Waals surface area contributed by atoms with Crippen molar-refractivity contribution in [3.63, 3.8) is 0 Å². The van der Waals surface area contributed by atoms with Crippen LogP contribution in [0.2, 0.25) is 0 Å². The van der Waals surface area contributed by atoms with Crippen molar-refractivity contribution in [2.75, 3.05) is 13.2 Å². The number of hydrogen-bond donors (Lipinski definition) is 3. The van der Waals surface area contributed by atoms with Crippen LogP contribution in [-0.4, -0.2) is 52.3 Å². The molecule has 0 bridgehead atoms. The number of aliphatic hydroxyl groups excluding tert-OH is 1. The highest BCUT2D eigenvalue weighted by Crippen LogP contribution is 2.36. The lowest BCUT2D eigenvalue weighted by Gasteiger charge is -2.18. The van der Waals surface area contributed by atoms with Gasteiger partial charge < -0.3 is 24.4 Å². The summed E-state index contributed by atoms with van der Waals surface area (Å²) in [5.41, 5.74) is 0. The summed E-state index contributed by atoms with van der Waals surface area (Å²) >= 11 is 0. The molecule has 9 nitrogen and oxygen atoms in total. The molecule has 0 spiro atoms. The van der Waals surface area contributed by atoms with Gasteiger partial charge in [0.1, 0.15) is 6.61 Å². The summed E-state index contributed by atoms with van der Waals surface area (Å²) in [7, 11) is -4.78. The van der Waals surface area contributed by atoms with E-state index in [1.165, 1.54) is 116 Å². The average molecular weight is 825 g/mol. The van der Waals surface area contributed by atoms with E-state index in [0.29, 0.717) is 19.3 Å². The van der Waals surface area contributed by atoms with Crippen LogP contribution in [0.15, 0.2) is 48.6 Å². The van der Waals surface area contributed by atoms with Gasteiger partial charge in [0.25, 0.3) is 0 Å². The average Bonchev–Trinajstić information content (AvgIpc) is 3.18. The molecule has 0 aromatic rings. The molecule has 0 aromatic heterocycles. The standard InChI is InChI=1S/C47H85O9P/c1-3-5-7-8-9-10-11-12-13-14-15-16-17-18-19-20-24-27-30-33-36-40-46(49)54-42-45(43-55-57(51,52)53)56-47(50)41-37-34-31-28-25-22-21-23-26-29-32-35-39-44(48)38-6-4-2/h21-22,26,28-29,31,35,39,44-45,48H,3-20,23-25,27,30,32-34,36-38,40-43H2,1-2H3,(H2,51,52,53)/b22-21-,29-26-,31-28-,39-35-/t44-,45-/m1/s1. The van der Waals surface area contributed by atoms with Crippen LogP contribution in [0.4, 0.5) is 0 Å². The van der Waals surface area contributed by atoms with Crippen LogP contribution in [0.25, 0.3) is 0 Å². The quantitative estimate of drug-likeness (QED) is 0.0237. The molecule has 332 valence electrons. The monoisotopic (exact) mass is 825 g/mol. The number of esters is 2. The SMILES string of the molecule is CCCCCCCCCCCCCCCCCCCCCCCC(=O)OC[C@H](COP(=O)(O)O)OC(=O)CCC/C=C\C/C=C\C/C=C\C/C=C\[C@H](O)CCCC. The number of rotatable bonds is 42. The normalized spacial score (nSPS) is 13.4. The molecule has 0 aromatic carbocycles. The number of allylic oxidation sites excluding steroid dienone is 7. The Kier molecular flexibility index (Phi) is 40.6. The van der Waals surface area contributed by atoms with Crippen molar-refractivity contribution >= 4 is 19.8 Å². The smallest absolute Gasteiger partial charge is 0.462 e. The zero-order valence-electron chi connectivity index (χ0n) is 36.3. The molecule has 2 atom stereocenters. The molecule has 0 radical (unpaired) electrons. The van der Waals surface area contributed by atoms with Crippen LogP contribution in [0.5, 0.6) is 0 Å². The zero-order valence-corrected chi connectivity index (χ0v) is 37.2. The van der Waals surface area contributed by atoms with Crippen molar-refractivity contribution in [3.05, 3.63) is 48.6 Å². The van der Waals surface area contributed by atoms with E-state index in [0.717, 1.165) is 51.4 Å². The Morgan fingerprint density at radius 2 is 0.947 bits per heavy atom. The first-order valence-electron chi connectivity index (χ1n) is 23.0. The molecule has 3 N–H and O–H groups in total. The molecule has 0 aliphatic carbocycles. The third-order valence-electron chi connectivity index (χ3n) is 9.92. The Morgan fingerprint density at radius 1 is 0.526 bits per heavy atom. The molecule has 0 rings (SSSR count). The van der Waals surface area contributed by atoms with Crippen molar-refractivity contribution < 1.29 is 43.0 Å². The second kappa shape index (κ2) is 42.1. The molecule has 0 aliphatic rings. The fraction of sp³-hybridized carbons (Fsp3) is 0.787. The topological polar surface area (TPSA) is 140 Å². The zero-order chi connectivity index (χ0) is 41.9. The van der Waals surface area contributed by atoms with E-state index in [4.69, 9.17) is 19.3 Å². The van der Waals surface area contributed by atoms with Gasteiger partial charge in [-0.05, 0) is 44.9 Å². The largest absolute Gasteiger partial charge is 0.469 e. The summed E-state index contributed by atoms with van der Waals surface area (Å²) in [4.78, 5) is 42.9. The van der Waals surface area contributed by atoms with Gasteiger partial charge in [-0.1, -0.05) is 204 Å². The van der Waals surface area contributed by atoms with Gasteiger partial charge in [0.2, 0.25) is 0 Å². The van der Waals surface area contributed by atoms with Gasteiger partial charge in [0, 0.05) is 12.8 Å². The third kappa shape index (κ3) is 44.9. The van der Waals surface area contributed by atoms with Crippen LogP contribution in [0.1, 0.15) is 213 Å². The maximum absolute atomic E-state index is 12.4. The number of carbonyl (C=O) groups is 2. The molecular weight excluding hydrogens is 739 g/mol. The fourth-order valence-corrected chi connectivity index (χ4v) is 6.81. The second-order valence-corrected chi connectivity index (χ2v) is 16.8. The minimum absolute atomic E-state index is 0.120. The van der Waals surface area contributed by atoms with Crippen molar-refractivity contribution in [2.24, 2.45) is 0 Å². The first kappa shape index (κ1) is 55.0. The summed E-state index contributed by atoms with van der Waals surface area (Å²) in [6, 6.07) is 0. The highest BCUT2D eigenvalue weighted by atomic mass is 31.2. The lowest BCUT2D eigenvalue weighted by atomic mass is 10.0. The van der Waals surface area contributed by atoms with Crippen molar-refractivity contribution in [2.45, 2.75) is 225 Å². The number of phosphoric ester groups is 1. The van der Waals surface area contributed by atoms with E-state index in [1.54, 1.807) is 0 Å². The van der Waals surface area contributed by atoms with Gasteiger partial charge in [0.15, 0.2) is 6.10 Å². The highest BCUT2D eigenvalue weighted by Gasteiger charge is 2.22. The van der Waals surface area contributed by atoms with E-state index >= 15 is 0 Å². The number of ether oxygens (including phenoxy) is 2. The molecule has 0 saturated carbocycles. The molecule has 57 heavy (non-hydrogen) atoms. The minimum atomic E-state index is -4.78. The maximum atomic E-state index is 12.4. The first-order valence-corrected chi connectivity index (χ1v) is 24.6. The Bertz CT molecular complexity index is 1080. The predicted molar refractivity (Wildman–Crippen MR) is 236 cm³/mol. The summed E-state index contributed by atoms with van der Waals surface area (Å²) in [5, 5.41) is 9.80. The summed E-state index contributed by atoms with van der Waals surface area (Å²) in [5.74, 6) is -0.966. The summed E-state index contributed by atoms with van der Waals surface area (Å²) < 4.78 is 26.4. The van der Waals surface area contributed by atoms with E-state index in [9.17, 15) is 19.3 Å². The van der Waals surface area contributed by atoms with Crippen LogP contribution in [-0.2, 0) is 28.2 Å². The van der Waals surface area contributed by atoms with Crippen LogP contribution < -0.4 is 0 Å². The molecule has 10 heteroatoms. The van der Waals surface area contributed by atoms with E-state index < -0.39 is 32.5 Å². The maximum Gasteiger partial charge on any atom is 0.469 e. The van der Waals surface area contributed by atoms with Gasteiger partial charge in [-0.15, -0.1) is 0 Å². The predicted octanol–water partition coefficient (Wildman–Crippen LogP) is 13.3. The fourth-order valence-electron chi connectivity index (χ4n) is 6.44. The van der Waals surface area contributed by atoms with E-state index in [-0.39, 0.29) is 25.6 Å². The highest BCUT2D eigenvalue weighted by molar-refractivity contribution is 7.46. The molecule has 0 aliphatic heterocycles. The first-order chi connectivity index (χ1) is 27.7. The van der Waals surface area contributed by atoms with Crippen LogP contribution >= 0.6 is 7.82 Å². The Hall–Kier alpha value is -2.03. The van der Waals surface area contributed by atoms with Crippen molar-refractivity contribution in [1.82, 2.24) is 0 Å². The molecule has 0 saturated heterocycles. The lowest BCUT2D eigenvalue weighted by Crippen LogP contribution is -2.29. The van der Waals surface area contributed by atoms with Gasteiger partial charge in [-0.3, -0.25) is 14.1 Å². The number of hydrogen-bond acceptors (Lipinski definition) is 7. The van der Waals surface area contributed by atoms with Gasteiger partial charge in [-0.25, -0.2) is 4.57 Å². The lowest BCUT2D eigenvalue weighted by molar-refractivity contribution is -0.161. The Balaban J connectivity index is 3.94. The number of carbonyl (C=O) groups excluding carboxylic acids is 2.